The van der Waals surface area contributed by atoms with E-state index >= 15 is 0 Å². The average Bonchev–Trinajstić information content (AvgIpc) is 3.01. The highest BCUT2D eigenvalue weighted by atomic mass is 16.3. The monoisotopic (exact) mass is 309 g/mol. The predicted molar refractivity (Wildman–Crippen MR) is 91.6 cm³/mol. The topological polar surface area (TPSA) is 39.6 Å². The summed E-state index contributed by atoms with van der Waals surface area (Å²) in [6.45, 7) is 4.30. The quantitative estimate of drug-likeness (QED) is 0.941. The Morgan fingerprint density at radius 3 is 2.57 bits per heavy atom. The van der Waals surface area contributed by atoms with E-state index in [0.717, 1.165) is 32.0 Å². The Kier molecular flexibility index (Phi) is 4.02. The zero-order valence-corrected chi connectivity index (χ0v) is 13.3. The Balaban J connectivity index is 1.56. The second-order valence-electron chi connectivity index (χ2n) is 6.56. The maximum absolute atomic E-state index is 10.0. The highest BCUT2D eigenvalue weighted by Gasteiger charge is 2.44. The molecule has 3 atom stereocenters. The molecule has 23 heavy (non-hydrogen) atoms. The number of anilines is 1. The number of hydrogen-bond donors (Lipinski definition) is 1. The molecule has 4 heteroatoms. The normalized spacial score (nSPS) is 27.9. The van der Waals surface area contributed by atoms with Gasteiger partial charge in [0.2, 0.25) is 0 Å². The number of benzene rings is 1. The van der Waals surface area contributed by atoms with E-state index in [2.05, 4.69) is 51.2 Å². The van der Waals surface area contributed by atoms with Crippen molar-refractivity contribution >= 4 is 5.82 Å². The molecule has 0 saturated carbocycles. The van der Waals surface area contributed by atoms with Gasteiger partial charge in [-0.15, -0.1) is 0 Å². The van der Waals surface area contributed by atoms with Crippen molar-refractivity contribution in [2.75, 3.05) is 37.7 Å². The van der Waals surface area contributed by atoms with Gasteiger partial charge in [-0.05, 0) is 17.7 Å². The molecule has 2 aromatic rings. The lowest BCUT2D eigenvalue weighted by molar-refractivity contribution is 0.152. The summed E-state index contributed by atoms with van der Waals surface area (Å²) in [6.07, 6.45) is 1.85. The Bertz CT molecular complexity index is 634. The first-order valence-corrected chi connectivity index (χ1v) is 8.42. The lowest BCUT2D eigenvalue weighted by Crippen LogP contribution is -2.52. The minimum Gasteiger partial charge on any atom is -0.396 e. The number of aromatic nitrogens is 1. The van der Waals surface area contributed by atoms with Crippen LogP contribution in [0.2, 0.25) is 0 Å². The van der Waals surface area contributed by atoms with Gasteiger partial charge in [0.15, 0.2) is 0 Å². The molecule has 2 saturated heterocycles. The van der Waals surface area contributed by atoms with E-state index in [1.807, 2.05) is 18.3 Å². The summed E-state index contributed by atoms with van der Waals surface area (Å²) in [5.74, 6) is 1.77. The molecule has 3 heterocycles. The maximum Gasteiger partial charge on any atom is 0.128 e. The Hall–Kier alpha value is -1.91. The summed E-state index contributed by atoms with van der Waals surface area (Å²) in [5.41, 5.74) is 1.35. The number of pyridine rings is 1. The van der Waals surface area contributed by atoms with Crippen LogP contribution in [0, 0.1) is 5.92 Å². The molecule has 0 radical (unpaired) electrons. The standard InChI is InChI=1S/C19H23N3O/c23-14-17-16(15-6-2-1-3-7-15)12-21-10-11-22(13-18(17)21)19-8-4-5-9-20-19/h1-9,16-18,23H,10-14H2/t16-,17-,18+/m0/s1. The van der Waals surface area contributed by atoms with Crippen molar-refractivity contribution in [1.82, 2.24) is 9.88 Å². The molecule has 0 unspecified atom stereocenters. The van der Waals surface area contributed by atoms with Crippen LogP contribution >= 0.6 is 0 Å². The van der Waals surface area contributed by atoms with Crippen molar-refractivity contribution < 1.29 is 5.11 Å². The third kappa shape index (κ3) is 2.73. The van der Waals surface area contributed by atoms with Crippen LogP contribution in [-0.4, -0.2) is 53.8 Å². The fourth-order valence-corrected chi connectivity index (χ4v) is 4.19. The van der Waals surface area contributed by atoms with Gasteiger partial charge >= 0.3 is 0 Å². The third-order valence-corrected chi connectivity index (χ3v) is 5.39. The van der Waals surface area contributed by atoms with E-state index in [1.165, 1.54) is 5.56 Å². The minimum atomic E-state index is 0.247. The van der Waals surface area contributed by atoms with Crippen LogP contribution in [0.1, 0.15) is 11.5 Å². The molecule has 2 fully saturated rings. The zero-order valence-electron chi connectivity index (χ0n) is 13.3. The highest BCUT2D eigenvalue weighted by Crippen LogP contribution is 2.39. The van der Waals surface area contributed by atoms with Crippen LogP contribution < -0.4 is 4.90 Å². The highest BCUT2D eigenvalue weighted by molar-refractivity contribution is 5.39. The van der Waals surface area contributed by atoms with Gasteiger partial charge in [-0.3, -0.25) is 4.90 Å². The molecule has 2 aliphatic rings. The zero-order chi connectivity index (χ0) is 15.6. The lowest BCUT2D eigenvalue weighted by Gasteiger charge is -2.39. The van der Waals surface area contributed by atoms with Gasteiger partial charge in [-0.1, -0.05) is 36.4 Å². The smallest absolute Gasteiger partial charge is 0.128 e. The summed E-state index contributed by atoms with van der Waals surface area (Å²) in [7, 11) is 0. The first-order valence-electron chi connectivity index (χ1n) is 8.42. The number of fused-ring (bicyclic) bond motifs is 1. The Morgan fingerprint density at radius 2 is 1.83 bits per heavy atom. The minimum absolute atomic E-state index is 0.247. The van der Waals surface area contributed by atoms with Crippen LogP contribution in [-0.2, 0) is 0 Å². The van der Waals surface area contributed by atoms with Gasteiger partial charge in [-0.2, -0.15) is 0 Å². The van der Waals surface area contributed by atoms with Gasteiger partial charge in [0.1, 0.15) is 5.82 Å². The number of aliphatic hydroxyl groups is 1. The van der Waals surface area contributed by atoms with Crippen LogP contribution in [0.3, 0.4) is 0 Å². The molecular weight excluding hydrogens is 286 g/mol. The van der Waals surface area contributed by atoms with E-state index < -0.39 is 0 Å². The van der Waals surface area contributed by atoms with E-state index in [4.69, 9.17) is 0 Å². The van der Waals surface area contributed by atoms with E-state index in [0.29, 0.717) is 17.9 Å². The lowest BCUT2D eigenvalue weighted by atomic mass is 9.85. The summed E-state index contributed by atoms with van der Waals surface area (Å²) in [6, 6.07) is 17.1. The van der Waals surface area contributed by atoms with Crippen LogP contribution in [0.25, 0.3) is 0 Å². The number of piperazine rings is 1. The molecule has 4 nitrogen and oxygen atoms in total. The third-order valence-electron chi connectivity index (χ3n) is 5.39. The van der Waals surface area contributed by atoms with Crippen molar-refractivity contribution in [2.45, 2.75) is 12.0 Å². The first-order chi connectivity index (χ1) is 11.4. The molecule has 0 bridgehead atoms. The van der Waals surface area contributed by atoms with Gasteiger partial charge in [0.25, 0.3) is 0 Å². The second-order valence-corrected chi connectivity index (χ2v) is 6.56. The first kappa shape index (κ1) is 14.7. The van der Waals surface area contributed by atoms with Crippen molar-refractivity contribution in [3.8, 4) is 0 Å². The molecule has 0 amide bonds. The van der Waals surface area contributed by atoms with E-state index in [-0.39, 0.29) is 6.61 Å². The molecule has 1 N–H and O–H groups in total. The summed E-state index contributed by atoms with van der Waals surface area (Å²) in [5, 5.41) is 10.0. The number of aliphatic hydroxyl groups excluding tert-OH is 1. The summed E-state index contributed by atoms with van der Waals surface area (Å²) >= 11 is 0. The molecule has 120 valence electrons. The number of hydrogen-bond acceptors (Lipinski definition) is 4. The van der Waals surface area contributed by atoms with E-state index in [9.17, 15) is 5.11 Å². The predicted octanol–water partition coefficient (Wildman–Crippen LogP) is 1.98. The van der Waals surface area contributed by atoms with Crippen molar-refractivity contribution in [2.24, 2.45) is 5.92 Å². The summed E-state index contributed by atoms with van der Waals surface area (Å²) < 4.78 is 0. The largest absolute Gasteiger partial charge is 0.396 e. The molecule has 0 aliphatic carbocycles. The van der Waals surface area contributed by atoms with E-state index in [1.54, 1.807) is 0 Å². The van der Waals surface area contributed by atoms with Crippen molar-refractivity contribution in [3.63, 3.8) is 0 Å². The molecule has 2 aliphatic heterocycles. The Labute approximate surface area is 137 Å². The fraction of sp³-hybridized carbons (Fsp3) is 0.421. The van der Waals surface area contributed by atoms with Crippen molar-refractivity contribution in [3.05, 3.63) is 60.3 Å². The molecule has 4 rings (SSSR count). The molecular formula is C19H23N3O. The number of rotatable bonds is 3. The van der Waals surface area contributed by atoms with Crippen LogP contribution in [0.4, 0.5) is 5.82 Å². The van der Waals surface area contributed by atoms with Gasteiger partial charge in [0, 0.05) is 56.9 Å². The van der Waals surface area contributed by atoms with Gasteiger partial charge in [0.05, 0.1) is 0 Å². The molecule has 1 aromatic carbocycles. The molecule has 1 aromatic heterocycles. The van der Waals surface area contributed by atoms with Gasteiger partial charge < -0.3 is 10.0 Å². The van der Waals surface area contributed by atoms with Gasteiger partial charge in [-0.25, -0.2) is 4.98 Å². The fourth-order valence-electron chi connectivity index (χ4n) is 4.19. The second kappa shape index (κ2) is 6.30. The molecule has 0 spiro atoms. The van der Waals surface area contributed by atoms with Crippen molar-refractivity contribution in [1.29, 1.82) is 0 Å². The van der Waals surface area contributed by atoms with Crippen LogP contribution in [0.5, 0.6) is 0 Å². The Morgan fingerprint density at radius 1 is 1.00 bits per heavy atom. The number of nitrogens with zero attached hydrogens (tertiary/aromatic N) is 3. The van der Waals surface area contributed by atoms with Crippen LogP contribution in [0.15, 0.2) is 54.7 Å². The average molecular weight is 309 g/mol. The SMILES string of the molecule is OC[C@@H]1[C@H]2CN(c3ccccn3)CCN2C[C@H]1c1ccccc1. The maximum atomic E-state index is 10.0. The summed E-state index contributed by atoms with van der Waals surface area (Å²) in [4.78, 5) is 9.40.